The van der Waals surface area contributed by atoms with Crippen LogP contribution in [0.1, 0.15) is 187 Å². The molecule has 0 rings (SSSR count). The summed E-state index contributed by atoms with van der Waals surface area (Å²) in [6, 6.07) is 0. The number of nitrogens with zero attached hydrogens (tertiary/aromatic N) is 1. The molecule has 0 aliphatic heterocycles. The molecule has 0 heterocycles. The minimum atomic E-state index is -4.45. The van der Waals surface area contributed by atoms with Gasteiger partial charge in [0, 0.05) is 19.3 Å². The Morgan fingerprint density at radius 1 is 0.557 bits per heavy atom. The summed E-state index contributed by atoms with van der Waals surface area (Å²) in [5.74, 6) is -1.17. The van der Waals surface area contributed by atoms with Gasteiger partial charge in [0.1, 0.15) is 19.8 Å². The summed E-state index contributed by atoms with van der Waals surface area (Å²) in [6.07, 6.45) is 47.0. The first-order valence-electron chi connectivity index (χ1n) is 24.0. The van der Waals surface area contributed by atoms with Crippen molar-refractivity contribution in [3.63, 3.8) is 0 Å². The van der Waals surface area contributed by atoms with Gasteiger partial charge in [-0.05, 0) is 70.3 Å². The highest BCUT2D eigenvalue weighted by molar-refractivity contribution is 7.47. The van der Waals surface area contributed by atoms with Crippen molar-refractivity contribution in [2.75, 3.05) is 47.5 Å². The van der Waals surface area contributed by atoms with Crippen molar-refractivity contribution in [2.24, 2.45) is 0 Å². The highest BCUT2D eigenvalue weighted by atomic mass is 31.2. The van der Waals surface area contributed by atoms with Gasteiger partial charge in [0.15, 0.2) is 11.9 Å². The Morgan fingerprint density at radius 2 is 1.05 bits per heavy atom. The van der Waals surface area contributed by atoms with E-state index in [0.717, 1.165) is 38.5 Å². The minimum absolute atomic E-state index is 0.0135. The summed E-state index contributed by atoms with van der Waals surface area (Å²) in [5.41, 5.74) is 0. The lowest BCUT2D eigenvalue weighted by Gasteiger charge is -2.24. The number of hydrogen-bond acceptors (Lipinski definition) is 8. The first kappa shape index (κ1) is 58.4. The van der Waals surface area contributed by atoms with Crippen molar-refractivity contribution in [3.05, 3.63) is 60.8 Å². The van der Waals surface area contributed by atoms with Crippen LogP contribution in [0.15, 0.2) is 60.8 Å². The van der Waals surface area contributed by atoms with Crippen LogP contribution < -0.4 is 0 Å². The molecule has 0 saturated carbocycles. The smallest absolute Gasteiger partial charge is 0.462 e. The molecule has 1 N–H and O–H groups in total. The monoisotopic (exact) mass is 879 g/mol. The molecule has 11 heteroatoms. The van der Waals surface area contributed by atoms with Gasteiger partial charge < -0.3 is 18.9 Å². The highest BCUT2D eigenvalue weighted by Gasteiger charge is 2.27. The number of unbranched alkanes of at least 4 members (excludes halogenated alkanes) is 18. The Bertz CT molecular complexity index is 1280. The fourth-order valence-electron chi connectivity index (χ4n) is 6.20. The van der Waals surface area contributed by atoms with E-state index in [9.17, 15) is 23.8 Å². The van der Waals surface area contributed by atoms with Gasteiger partial charge in [0.25, 0.3) is 0 Å². The van der Waals surface area contributed by atoms with Gasteiger partial charge in [-0.15, -0.1) is 0 Å². The number of quaternary nitrogens is 1. The molecule has 352 valence electrons. The molecule has 1 unspecified atom stereocenters. The second kappa shape index (κ2) is 41.4. The fourth-order valence-corrected chi connectivity index (χ4v) is 6.94. The van der Waals surface area contributed by atoms with Gasteiger partial charge >= 0.3 is 19.8 Å². The zero-order chi connectivity index (χ0) is 45.1. The van der Waals surface area contributed by atoms with Crippen LogP contribution in [0.5, 0.6) is 0 Å². The molecule has 0 fully saturated rings. The maximum absolute atomic E-state index is 12.7. The summed E-state index contributed by atoms with van der Waals surface area (Å²) in [5, 5.41) is 0. The second-order valence-corrected chi connectivity index (χ2v) is 18.6. The third-order valence-electron chi connectivity index (χ3n) is 10.00. The molecule has 0 aliphatic carbocycles. The number of carbonyl (C=O) groups is 3. The van der Waals surface area contributed by atoms with Crippen molar-refractivity contribution in [1.29, 1.82) is 0 Å². The lowest BCUT2D eigenvalue weighted by atomic mass is 10.1. The van der Waals surface area contributed by atoms with E-state index in [2.05, 4.69) is 50.3 Å². The molecule has 0 aliphatic rings. The van der Waals surface area contributed by atoms with Gasteiger partial charge in [-0.25, -0.2) is 4.57 Å². The molecule has 0 bridgehead atoms. The van der Waals surface area contributed by atoms with Crippen LogP contribution >= 0.6 is 7.82 Å². The van der Waals surface area contributed by atoms with Crippen molar-refractivity contribution >= 4 is 25.5 Å². The maximum Gasteiger partial charge on any atom is 0.472 e. The van der Waals surface area contributed by atoms with Crippen LogP contribution in [-0.2, 0) is 37.5 Å². The molecule has 0 spiro atoms. The van der Waals surface area contributed by atoms with E-state index in [1.807, 2.05) is 33.3 Å². The van der Waals surface area contributed by atoms with Crippen molar-refractivity contribution in [1.82, 2.24) is 0 Å². The zero-order valence-corrected chi connectivity index (χ0v) is 40.3. The Labute approximate surface area is 372 Å². The topological polar surface area (TPSA) is 125 Å². The first-order chi connectivity index (χ1) is 29.4. The van der Waals surface area contributed by atoms with Crippen LogP contribution in [-0.4, -0.2) is 80.7 Å². The molecule has 0 saturated heterocycles. The molecule has 10 nitrogen and oxygen atoms in total. The van der Waals surface area contributed by atoms with Crippen LogP contribution in [0.2, 0.25) is 0 Å². The average molecular weight is 879 g/mol. The van der Waals surface area contributed by atoms with E-state index in [1.54, 1.807) is 6.08 Å². The summed E-state index contributed by atoms with van der Waals surface area (Å²) in [7, 11) is 1.33. The lowest BCUT2D eigenvalue weighted by Crippen LogP contribution is -2.37. The van der Waals surface area contributed by atoms with E-state index < -0.39 is 32.5 Å². The number of esters is 2. The van der Waals surface area contributed by atoms with E-state index >= 15 is 0 Å². The Balaban J connectivity index is 4.48. The molecular formula is C50H89NO9P+. The number of carbonyl (C=O) groups excluding carboxylic acids is 3. The van der Waals surface area contributed by atoms with E-state index in [4.69, 9.17) is 18.5 Å². The van der Waals surface area contributed by atoms with Crippen molar-refractivity contribution < 1.29 is 46.8 Å². The molecule has 0 aromatic carbocycles. The number of phosphoric ester groups is 1. The SMILES string of the molecule is CCCCC/C=C\C/C=C\C/C=C\C=C\C(=O)CCCC(=O)O[C@H](COC(=O)CCCCCCCCCCC/C=C\CCCCCCCC)COP(=O)(O)OCC[N+](C)(C)C. The van der Waals surface area contributed by atoms with Gasteiger partial charge in [-0.3, -0.25) is 23.4 Å². The van der Waals surface area contributed by atoms with Gasteiger partial charge in [-0.1, -0.05) is 158 Å². The summed E-state index contributed by atoms with van der Waals surface area (Å²) in [6.45, 7) is 4.11. The number of hydrogen-bond donors (Lipinski definition) is 1. The average Bonchev–Trinajstić information content (AvgIpc) is 3.21. The maximum atomic E-state index is 12.7. The largest absolute Gasteiger partial charge is 0.472 e. The molecular weight excluding hydrogens is 790 g/mol. The third-order valence-corrected chi connectivity index (χ3v) is 11.0. The van der Waals surface area contributed by atoms with Gasteiger partial charge in [0.05, 0.1) is 27.7 Å². The van der Waals surface area contributed by atoms with Crippen LogP contribution in [0.3, 0.4) is 0 Å². The quantitative estimate of drug-likeness (QED) is 0.0121. The van der Waals surface area contributed by atoms with Crippen LogP contribution in [0.25, 0.3) is 0 Å². The normalized spacial score (nSPS) is 13.9. The highest BCUT2D eigenvalue weighted by Crippen LogP contribution is 2.43. The van der Waals surface area contributed by atoms with Crippen molar-refractivity contribution in [2.45, 2.75) is 193 Å². The number of phosphoric acid groups is 1. The Kier molecular flexibility index (Phi) is 39.6. The Morgan fingerprint density at radius 3 is 1.66 bits per heavy atom. The predicted molar refractivity (Wildman–Crippen MR) is 252 cm³/mol. The fraction of sp³-hybridized carbons (Fsp3) is 0.740. The van der Waals surface area contributed by atoms with Gasteiger partial charge in [0.2, 0.25) is 0 Å². The van der Waals surface area contributed by atoms with E-state index in [1.165, 1.54) is 109 Å². The predicted octanol–water partition coefficient (Wildman–Crippen LogP) is 13.2. The summed E-state index contributed by atoms with van der Waals surface area (Å²) >= 11 is 0. The lowest BCUT2D eigenvalue weighted by molar-refractivity contribution is -0.870. The van der Waals surface area contributed by atoms with Crippen LogP contribution in [0.4, 0.5) is 0 Å². The van der Waals surface area contributed by atoms with E-state index in [0.29, 0.717) is 17.4 Å². The number of allylic oxidation sites excluding steroid dienone is 10. The van der Waals surface area contributed by atoms with Gasteiger partial charge in [-0.2, -0.15) is 0 Å². The number of likely N-dealkylation sites (N-methyl/N-ethyl adjacent to an activating group) is 1. The van der Waals surface area contributed by atoms with Crippen molar-refractivity contribution in [3.8, 4) is 0 Å². The molecule has 2 atom stereocenters. The molecule has 61 heavy (non-hydrogen) atoms. The second-order valence-electron chi connectivity index (χ2n) is 17.2. The Hall–Kier alpha value is -2.62. The number of ether oxygens (including phenoxy) is 2. The minimum Gasteiger partial charge on any atom is -0.462 e. The molecule has 0 radical (unpaired) electrons. The zero-order valence-electron chi connectivity index (χ0n) is 39.4. The molecule has 0 amide bonds. The van der Waals surface area contributed by atoms with Crippen LogP contribution in [0, 0.1) is 0 Å². The summed E-state index contributed by atoms with van der Waals surface area (Å²) in [4.78, 5) is 47.7. The summed E-state index contributed by atoms with van der Waals surface area (Å²) < 4.78 is 34.1. The number of ketones is 1. The van der Waals surface area contributed by atoms with E-state index in [-0.39, 0.29) is 44.7 Å². The molecule has 0 aromatic rings. The molecule has 0 aromatic heterocycles. The first-order valence-corrected chi connectivity index (χ1v) is 25.5. The third kappa shape index (κ3) is 45.2. The standard InChI is InChI=1S/C50H88NO9P/c1-6-8-10-12-14-16-18-20-21-22-23-24-25-27-29-31-33-35-37-41-49(53)57-45-48(46-59-61(55,56)58-44-43-51(3,4)5)60-50(54)42-38-40-47(52)39-36-34-32-30-28-26-19-17-15-13-11-9-7-2/h15,17,20-21,26,28,32,34,36,39,48H,6-14,16,18-19,22-25,27,29-31,33,35,37-38,40-46H2,1-5H3/p+1/b17-15-,21-20-,28-26-,34-32-,39-36+/t48-/m1/s1. The number of rotatable bonds is 43.